The molecule has 0 aliphatic carbocycles. The van der Waals surface area contributed by atoms with Crippen molar-refractivity contribution in [2.75, 3.05) is 0 Å². The van der Waals surface area contributed by atoms with E-state index < -0.39 is 0 Å². The minimum absolute atomic E-state index is 0.547. The Balaban J connectivity index is 1.14. The minimum atomic E-state index is 0.547. The van der Waals surface area contributed by atoms with Crippen molar-refractivity contribution in [2.45, 2.75) is 0 Å². The Labute approximate surface area is 381 Å². The second-order valence-electron chi connectivity index (χ2n) is 16.8. The van der Waals surface area contributed by atoms with E-state index in [-0.39, 0.29) is 0 Å². The topological polar surface area (TPSA) is 48.5 Å². The lowest BCUT2D eigenvalue weighted by atomic mass is 9.96. The highest BCUT2D eigenvalue weighted by Gasteiger charge is 2.26. The van der Waals surface area contributed by atoms with Gasteiger partial charge in [-0.05, 0) is 80.6 Å². The molecule has 3 aromatic heterocycles. The summed E-state index contributed by atoms with van der Waals surface area (Å²) in [5.41, 5.74) is 14.0. The van der Waals surface area contributed by atoms with Crippen LogP contribution in [0.15, 0.2) is 237 Å². The summed E-state index contributed by atoms with van der Waals surface area (Å²) in [6.07, 6.45) is 0. The molecular formula is C61H39N5. The first kappa shape index (κ1) is 37.6. The lowest BCUT2D eigenvalue weighted by Crippen LogP contribution is -2.07. The molecule has 13 rings (SSSR count). The van der Waals surface area contributed by atoms with E-state index in [4.69, 9.17) is 15.0 Å². The molecule has 66 heavy (non-hydrogen) atoms. The van der Waals surface area contributed by atoms with Crippen LogP contribution in [0.1, 0.15) is 0 Å². The van der Waals surface area contributed by atoms with Gasteiger partial charge < -0.3 is 4.57 Å². The molecule has 0 bridgehead atoms. The molecule has 5 heteroatoms. The maximum atomic E-state index is 5.45. The molecule has 308 valence electrons. The molecule has 0 radical (unpaired) electrons. The van der Waals surface area contributed by atoms with E-state index in [0.717, 1.165) is 82.9 Å². The van der Waals surface area contributed by atoms with E-state index >= 15 is 0 Å². The number of para-hydroxylation sites is 2. The van der Waals surface area contributed by atoms with Gasteiger partial charge in [0.2, 0.25) is 5.95 Å². The van der Waals surface area contributed by atoms with Crippen LogP contribution in [0, 0.1) is 0 Å². The monoisotopic (exact) mass is 841 g/mol. The first-order valence-electron chi connectivity index (χ1n) is 22.4. The van der Waals surface area contributed by atoms with Gasteiger partial charge in [-0.1, -0.05) is 200 Å². The zero-order valence-electron chi connectivity index (χ0n) is 35.8. The van der Waals surface area contributed by atoms with Gasteiger partial charge in [0.1, 0.15) is 0 Å². The van der Waals surface area contributed by atoms with Gasteiger partial charge in [0.25, 0.3) is 0 Å². The second kappa shape index (κ2) is 15.4. The molecule has 0 atom stereocenters. The number of hydrogen-bond acceptors (Lipinski definition) is 3. The summed E-state index contributed by atoms with van der Waals surface area (Å²) >= 11 is 0. The normalized spacial score (nSPS) is 11.6. The smallest absolute Gasteiger partial charge is 0.238 e. The van der Waals surface area contributed by atoms with Crippen molar-refractivity contribution in [3.05, 3.63) is 237 Å². The highest BCUT2D eigenvalue weighted by atomic mass is 15.2. The first-order valence-corrected chi connectivity index (χ1v) is 22.4. The molecule has 0 saturated carbocycles. The molecule has 0 amide bonds. The van der Waals surface area contributed by atoms with Gasteiger partial charge in [-0.15, -0.1) is 0 Å². The molecule has 0 N–H and O–H groups in total. The van der Waals surface area contributed by atoms with E-state index in [0.29, 0.717) is 17.6 Å². The number of rotatable bonds is 7. The van der Waals surface area contributed by atoms with Crippen LogP contribution < -0.4 is 0 Å². The van der Waals surface area contributed by atoms with Crippen molar-refractivity contribution in [3.63, 3.8) is 0 Å². The Morgan fingerprint density at radius 3 is 1.53 bits per heavy atom. The zero-order valence-corrected chi connectivity index (χ0v) is 35.8. The van der Waals surface area contributed by atoms with Gasteiger partial charge in [-0.25, -0.2) is 4.98 Å². The van der Waals surface area contributed by atoms with Gasteiger partial charge in [0.15, 0.2) is 11.6 Å². The van der Waals surface area contributed by atoms with Gasteiger partial charge >= 0.3 is 0 Å². The van der Waals surface area contributed by atoms with Crippen LogP contribution in [0.2, 0.25) is 0 Å². The third-order valence-corrected chi connectivity index (χ3v) is 12.9. The second-order valence-corrected chi connectivity index (χ2v) is 16.8. The molecule has 13 aromatic rings. The molecule has 0 aliphatic heterocycles. The molecule has 5 nitrogen and oxygen atoms in total. The number of aromatic nitrogens is 5. The van der Waals surface area contributed by atoms with E-state index in [2.05, 4.69) is 221 Å². The Morgan fingerprint density at radius 2 is 0.803 bits per heavy atom. The summed E-state index contributed by atoms with van der Waals surface area (Å²) < 4.78 is 4.74. The van der Waals surface area contributed by atoms with Crippen molar-refractivity contribution >= 4 is 54.4 Å². The maximum Gasteiger partial charge on any atom is 0.238 e. The minimum Gasteiger partial charge on any atom is -0.307 e. The van der Waals surface area contributed by atoms with Crippen LogP contribution in [0.4, 0.5) is 0 Å². The first-order chi connectivity index (χ1) is 32.7. The Bertz CT molecular complexity index is 3960. The molecule has 0 spiro atoms. The highest BCUT2D eigenvalue weighted by molar-refractivity contribution is 6.28. The lowest BCUT2D eigenvalue weighted by molar-refractivity contribution is 0.953. The van der Waals surface area contributed by atoms with E-state index in [9.17, 15) is 0 Å². The summed E-state index contributed by atoms with van der Waals surface area (Å²) in [6.45, 7) is 0. The Hall–Kier alpha value is -8.93. The summed E-state index contributed by atoms with van der Waals surface area (Å²) in [5.74, 6) is 1.75. The number of benzene rings is 10. The molecule has 0 aliphatic rings. The fourth-order valence-corrected chi connectivity index (χ4v) is 9.86. The van der Waals surface area contributed by atoms with Crippen molar-refractivity contribution in [1.29, 1.82) is 0 Å². The van der Waals surface area contributed by atoms with E-state index in [1.807, 2.05) is 24.3 Å². The molecule has 0 unspecified atom stereocenters. The third kappa shape index (κ3) is 6.21. The van der Waals surface area contributed by atoms with Crippen molar-refractivity contribution in [3.8, 4) is 67.8 Å². The maximum absolute atomic E-state index is 5.45. The SMILES string of the molecule is c1ccc(-c2ccc(-c3nc(-c4ccccc4)nc(-n4c5ccccc5c5c(-c6ccccc6)cc6c7ccccc7n(-c7cccc(-c8ccc9ccccc9c8)c7)c6c54)n3)cc2)cc1. The number of fused-ring (bicyclic) bond motifs is 8. The van der Waals surface area contributed by atoms with Crippen LogP contribution in [-0.4, -0.2) is 24.1 Å². The zero-order chi connectivity index (χ0) is 43.6. The Kier molecular flexibility index (Phi) is 8.78. The fourth-order valence-electron chi connectivity index (χ4n) is 9.86. The molecule has 0 fully saturated rings. The predicted octanol–water partition coefficient (Wildman–Crippen LogP) is 15.6. The number of hydrogen-bond donors (Lipinski definition) is 0. The average Bonchev–Trinajstić information content (AvgIpc) is 3.92. The summed E-state index contributed by atoms with van der Waals surface area (Å²) in [4.78, 5) is 16.1. The van der Waals surface area contributed by atoms with Crippen molar-refractivity contribution in [1.82, 2.24) is 24.1 Å². The van der Waals surface area contributed by atoms with E-state index in [1.54, 1.807) is 0 Å². The summed E-state index contributed by atoms with van der Waals surface area (Å²) in [7, 11) is 0. The van der Waals surface area contributed by atoms with Gasteiger partial charge in [-0.3, -0.25) is 4.57 Å². The largest absolute Gasteiger partial charge is 0.307 e. The predicted molar refractivity (Wildman–Crippen MR) is 273 cm³/mol. The van der Waals surface area contributed by atoms with E-state index in [1.165, 1.54) is 21.7 Å². The van der Waals surface area contributed by atoms with Gasteiger partial charge in [-0.2, -0.15) is 9.97 Å². The summed E-state index contributed by atoms with van der Waals surface area (Å²) in [6, 6.07) is 84.1. The molecule has 10 aromatic carbocycles. The lowest BCUT2D eigenvalue weighted by Gasteiger charge is -2.15. The molecule has 3 heterocycles. The Morgan fingerprint density at radius 1 is 0.288 bits per heavy atom. The van der Waals surface area contributed by atoms with Crippen molar-refractivity contribution in [2.24, 2.45) is 0 Å². The number of nitrogens with zero attached hydrogens (tertiary/aromatic N) is 5. The summed E-state index contributed by atoms with van der Waals surface area (Å²) in [5, 5.41) is 7.01. The van der Waals surface area contributed by atoms with Crippen LogP contribution in [0.25, 0.3) is 122 Å². The quantitative estimate of drug-likeness (QED) is 0.161. The fraction of sp³-hybridized carbons (Fsp3) is 0. The van der Waals surface area contributed by atoms with Crippen LogP contribution >= 0.6 is 0 Å². The third-order valence-electron chi connectivity index (χ3n) is 12.9. The van der Waals surface area contributed by atoms with Gasteiger partial charge in [0.05, 0.1) is 22.1 Å². The van der Waals surface area contributed by atoms with Crippen LogP contribution in [0.5, 0.6) is 0 Å². The van der Waals surface area contributed by atoms with Crippen LogP contribution in [0.3, 0.4) is 0 Å². The average molecular weight is 842 g/mol. The van der Waals surface area contributed by atoms with Crippen molar-refractivity contribution < 1.29 is 0 Å². The highest BCUT2D eigenvalue weighted by Crippen LogP contribution is 2.46. The standard InChI is InChI=1S/C61H39N5/c1-4-17-40(18-5-1)42-31-34-45(35-32-42)60-62-59(44-22-8-3-9-23-44)63-61(64-60)66-55-30-15-13-28-51(55)56-52(43-20-6-2-7-21-43)39-53-50-27-12-14-29-54(50)65(57(53)58(56)66)49-26-16-25-47(38-49)48-36-33-41-19-10-11-24-46(41)37-48/h1-39H. The van der Waals surface area contributed by atoms with Crippen LogP contribution in [-0.2, 0) is 0 Å². The molecule has 0 saturated heterocycles. The molecular weight excluding hydrogens is 803 g/mol. The van der Waals surface area contributed by atoms with Gasteiger partial charge in [0, 0.05) is 38.4 Å².